The zero-order valence-electron chi connectivity index (χ0n) is 24.9. The zero-order chi connectivity index (χ0) is 29.4. The molecule has 1 saturated heterocycles. The molecule has 0 spiro atoms. The summed E-state index contributed by atoms with van der Waals surface area (Å²) in [5, 5.41) is 9.07. The van der Waals surface area contributed by atoms with Crippen LogP contribution in [-0.4, -0.2) is 4.68 Å². The minimum atomic E-state index is -0.150. The number of fused-ring (bicyclic) bond motifs is 7. The number of aromatic nitrogens is 1. The van der Waals surface area contributed by atoms with Gasteiger partial charge >= 0.3 is 0 Å². The molecule has 1 aliphatic carbocycles. The Morgan fingerprint density at radius 1 is 0.545 bits per heavy atom. The fraction of sp³-hybridized carbons (Fsp3) is 0.122. The van der Waals surface area contributed by atoms with Crippen LogP contribution >= 0.6 is 0 Å². The Hall–Kier alpha value is -5.12. The lowest BCUT2D eigenvalue weighted by atomic mass is 9.81. The maximum Gasteiger partial charge on any atom is 0.125 e. The first kappa shape index (κ1) is 25.4. The lowest BCUT2D eigenvalue weighted by Gasteiger charge is -2.52. The second-order valence-corrected chi connectivity index (χ2v) is 12.6. The molecular weight excluding hydrogens is 534 g/mol. The lowest BCUT2D eigenvalue weighted by molar-refractivity contribution is 0.211. The van der Waals surface area contributed by atoms with E-state index in [2.05, 4.69) is 174 Å². The van der Waals surface area contributed by atoms with E-state index in [1.807, 2.05) is 0 Å². The van der Waals surface area contributed by atoms with Crippen molar-refractivity contribution in [2.24, 2.45) is 0 Å². The van der Waals surface area contributed by atoms with E-state index in [-0.39, 0.29) is 17.7 Å². The third kappa shape index (κ3) is 3.54. The van der Waals surface area contributed by atoms with Gasteiger partial charge in [-0.25, -0.2) is 0 Å². The van der Waals surface area contributed by atoms with E-state index < -0.39 is 0 Å². The third-order valence-electron chi connectivity index (χ3n) is 9.83. The van der Waals surface area contributed by atoms with Crippen molar-refractivity contribution in [3.05, 3.63) is 168 Å². The molecule has 1 N–H and O–H groups in total. The van der Waals surface area contributed by atoms with Gasteiger partial charge in [0.2, 0.25) is 0 Å². The van der Waals surface area contributed by atoms with E-state index in [9.17, 15) is 0 Å². The second-order valence-electron chi connectivity index (χ2n) is 12.6. The molecule has 0 saturated carbocycles. The molecule has 9 rings (SSSR count). The van der Waals surface area contributed by atoms with Crippen LogP contribution < -0.4 is 10.3 Å². The Balaban J connectivity index is 1.38. The van der Waals surface area contributed by atoms with Crippen LogP contribution in [0.2, 0.25) is 0 Å². The van der Waals surface area contributed by atoms with Gasteiger partial charge in [0.15, 0.2) is 0 Å². The van der Waals surface area contributed by atoms with E-state index in [0.717, 1.165) is 0 Å². The zero-order valence-corrected chi connectivity index (χ0v) is 24.9. The van der Waals surface area contributed by atoms with Gasteiger partial charge in [-0.3, -0.25) is 15.0 Å². The fourth-order valence-electron chi connectivity index (χ4n) is 7.76. The minimum Gasteiger partial charge on any atom is -0.269 e. The van der Waals surface area contributed by atoms with Gasteiger partial charge in [-0.15, -0.1) is 0 Å². The summed E-state index contributed by atoms with van der Waals surface area (Å²) in [7, 11) is 0. The van der Waals surface area contributed by atoms with Gasteiger partial charge in [-0.2, -0.15) is 0 Å². The third-order valence-corrected chi connectivity index (χ3v) is 9.83. The molecule has 7 aromatic rings. The summed E-state index contributed by atoms with van der Waals surface area (Å²) in [6, 6.07) is 53.1. The van der Waals surface area contributed by atoms with Crippen LogP contribution in [0.5, 0.6) is 0 Å². The monoisotopic (exact) mass is 567 g/mol. The maximum absolute atomic E-state index is 3.93. The number of hydrogen-bond donors (Lipinski definition) is 1. The molecule has 0 amide bonds. The Bertz CT molecular complexity index is 2130. The van der Waals surface area contributed by atoms with Crippen LogP contribution in [0, 0.1) is 0 Å². The molecule has 3 nitrogen and oxygen atoms in total. The Morgan fingerprint density at radius 2 is 1.16 bits per heavy atom. The molecule has 2 unspecified atom stereocenters. The van der Waals surface area contributed by atoms with E-state index in [1.165, 1.54) is 66.3 Å². The minimum absolute atomic E-state index is 0.0248. The summed E-state index contributed by atoms with van der Waals surface area (Å²) in [4.78, 5) is 0. The summed E-state index contributed by atoms with van der Waals surface area (Å²) in [5.74, 6) is 0. The number of nitrogens with zero attached hydrogens (tertiary/aromatic N) is 2. The molecule has 212 valence electrons. The van der Waals surface area contributed by atoms with Crippen molar-refractivity contribution in [2.75, 3.05) is 5.01 Å². The highest BCUT2D eigenvalue weighted by atomic mass is 15.7. The molecule has 6 aromatic carbocycles. The molecule has 1 fully saturated rings. The van der Waals surface area contributed by atoms with Crippen molar-refractivity contribution in [1.82, 2.24) is 9.99 Å². The average molecular weight is 568 g/mol. The van der Waals surface area contributed by atoms with Gasteiger partial charge in [0.25, 0.3) is 0 Å². The predicted molar refractivity (Wildman–Crippen MR) is 182 cm³/mol. The highest BCUT2D eigenvalue weighted by Crippen LogP contribution is 2.53. The summed E-state index contributed by atoms with van der Waals surface area (Å²) in [6.45, 7) is 4.79. The number of nitrogens with one attached hydrogen (secondary N) is 1. The van der Waals surface area contributed by atoms with Crippen LogP contribution in [0.4, 0.5) is 0 Å². The molecular formula is C41H33N3. The molecule has 44 heavy (non-hydrogen) atoms. The summed E-state index contributed by atoms with van der Waals surface area (Å²) in [5.41, 5.74) is 12.8. The number of rotatable bonds is 4. The predicted octanol–water partition coefficient (Wildman–Crippen LogP) is 9.71. The first-order valence-electron chi connectivity index (χ1n) is 15.5. The maximum atomic E-state index is 3.93. The van der Waals surface area contributed by atoms with Gasteiger partial charge < -0.3 is 0 Å². The van der Waals surface area contributed by atoms with Crippen molar-refractivity contribution in [3.8, 4) is 22.3 Å². The first-order valence-corrected chi connectivity index (χ1v) is 15.5. The molecule has 2 aliphatic rings. The molecule has 0 bridgehead atoms. The van der Waals surface area contributed by atoms with E-state index >= 15 is 0 Å². The van der Waals surface area contributed by atoms with Crippen molar-refractivity contribution in [3.63, 3.8) is 0 Å². The van der Waals surface area contributed by atoms with Crippen molar-refractivity contribution < 1.29 is 0 Å². The van der Waals surface area contributed by atoms with Crippen molar-refractivity contribution in [2.45, 2.75) is 31.6 Å². The quantitative estimate of drug-likeness (QED) is 0.228. The largest absolute Gasteiger partial charge is 0.269 e. The summed E-state index contributed by atoms with van der Waals surface area (Å²) >= 11 is 0. The Morgan fingerprint density at radius 3 is 1.84 bits per heavy atom. The SMILES string of the molecule is CC1(C)c2ccccc2-c2ccc3c4cc(-c5ccccc5)ccc4n(N4C(c5ccccc5)NC4c4ccccc4)c3c21. The molecule has 0 radical (unpaired) electrons. The van der Waals surface area contributed by atoms with Crippen molar-refractivity contribution >= 4 is 21.8 Å². The van der Waals surface area contributed by atoms with Gasteiger partial charge in [-0.05, 0) is 56.6 Å². The second kappa shape index (κ2) is 9.44. The topological polar surface area (TPSA) is 20.2 Å². The van der Waals surface area contributed by atoms with E-state index in [1.54, 1.807) is 0 Å². The highest BCUT2D eigenvalue weighted by Gasteiger charge is 2.44. The molecule has 2 heterocycles. The fourth-order valence-corrected chi connectivity index (χ4v) is 7.76. The molecule has 2 atom stereocenters. The van der Waals surface area contributed by atoms with Gasteiger partial charge in [0, 0.05) is 16.2 Å². The molecule has 3 heteroatoms. The van der Waals surface area contributed by atoms with Crippen LogP contribution in [0.15, 0.2) is 146 Å². The smallest absolute Gasteiger partial charge is 0.125 e. The first-order chi connectivity index (χ1) is 21.6. The van der Waals surface area contributed by atoms with Crippen LogP contribution in [0.25, 0.3) is 44.1 Å². The standard InChI is InChI=1S/C41H33N3/c1-41(2)35-21-13-12-20-31(35)32-23-24-33-34-26-30(27-14-6-3-7-15-27)22-25-36(34)43(38(33)37(32)41)44-39(28-16-8-4-9-17-28)42-40(44)29-18-10-5-11-19-29/h3-26,39-40,42H,1-2H3. The molecule has 1 aliphatic heterocycles. The van der Waals surface area contributed by atoms with Crippen LogP contribution in [-0.2, 0) is 5.41 Å². The van der Waals surface area contributed by atoms with E-state index in [4.69, 9.17) is 0 Å². The normalized spacial score (nSPS) is 18.3. The summed E-state index contributed by atoms with van der Waals surface area (Å²) in [6.07, 6.45) is 0.0495. The Labute approximate surface area is 258 Å². The van der Waals surface area contributed by atoms with Gasteiger partial charge in [0.1, 0.15) is 12.3 Å². The number of hydrogen-bond acceptors (Lipinski definition) is 2. The average Bonchev–Trinajstić information content (AvgIpc) is 3.50. The van der Waals surface area contributed by atoms with Crippen molar-refractivity contribution in [1.29, 1.82) is 0 Å². The van der Waals surface area contributed by atoms with Gasteiger partial charge in [-0.1, -0.05) is 147 Å². The van der Waals surface area contributed by atoms with Crippen LogP contribution in [0.3, 0.4) is 0 Å². The summed E-state index contributed by atoms with van der Waals surface area (Å²) < 4.78 is 2.55. The Kier molecular flexibility index (Phi) is 5.45. The van der Waals surface area contributed by atoms with Crippen LogP contribution in [0.1, 0.15) is 48.4 Å². The lowest BCUT2D eigenvalue weighted by Crippen LogP contribution is -2.62. The van der Waals surface area contributed by atoms with Gasteiger partial charge in [0.05, 0.1) is 11.0 Å². The highest BCUT2D eigenvalue weighted by molar-refractivity contribution is 6.13. The van der Waals surface area contributed by atoms with E-state index in [0.29, 0.717) is 0 Å². The molecule has 1 aromatic heterocycles. The number of benzene rings is 6.